The van der Waals surface area contributed by atoms with Crippen molar-refractivity contribution < 1.29 is 5.11 Å². The third-order valence-corrected chi connectivity index (χ3v) is 3.18. The fraction of sp³-hybridized carbons (Fsp3) is 0.727. The number of hydrogen-bond donors (Lipinski definition) is 1. The van der Waals surface area contributed by atoms with E-state index in [0.717, 1.165) is 5.69 Å². The number of rotatable bonds is 2. The molecule has 3 heteroatoms. The molecule has 1 aromatic heterocycles. The summed E-state index contributed by atoms with van der Waals surface area (Å²) >= 11 is 0. The molecule has 0 radical (unpaired) electrons. The molecular formula is C11H18N2O. The molecular weight excluding hydrogens is 176 g/mol. The standard InChI is InChI=1S/C11H18N2O/c1-13-10(8-14)7-11(12-13)9-5-3-2-4-6-9/h7,9,14H,2-6,8H2,1H3. The van der Waals surface area contributed by atoms with Crippen molar-refractivity contribution in [2.45, 2.75) is 44.6 Å². The maximum atomic E-state index is 9.07. The van der Waals surface area contributed by atoms with E-state index in [-0.39, 0.29) is 6.61 Å². The molecule has 0 bridgehead atoms. The number of aliphatic hydroxyl groups excluding tert-OH is 1. The van der Waals surface area contributed by atoms with Crippen LogP contribution in [0.25, 0.3) is 0 Å². The van der Waals surface area contributed by atoms with Gasteiger partial charge in [-0.15, -0.1) is 0 Å². The Morgan fingerprint density at radius 2 is 2.14 bits per heavy atom. The van der Waals surface area contributed by atoms with Crippen molar-refractivity contribution in [1.82, 2.24) is 9.78 Å². The Hall–Kier alpha value is -0.830. The Morgan fingerprint density at radius 1 is 1.43 bits per heavy atom. The zero-order valence-electron chi connectivity index (χ0n) is 8.74. The van der Waals surface area contributed by atoms with Gasteiger partial charge in [-0.05, 0) is 18.9 Å². The lowest BCUT2D eigenvalue weighted by Gasteiger charge is -2.19. The van der Waals surface area contributed by atoms with Gasteiger partial charge in [0.05, 0.1) is 18.0 Å². The summed E-state index contributed by atoms with van der Waals surface area (Å²) in [5, 5.41) is 13.5. The minimum absolute atomic E-state index is 0.0935. The largest absolute Gasteiger partial charge is 0.390 e. The summed E-state index contributed by atoms with van der Waals surface area (Å²) in [4.78, 5) is 0. The van der Waals surface area contributed by atoms with Gasteiger partial charge in [-0.25, -0.2) is 0 Å². The van der Waals surface area contributed by atoms with Crippen LogP contribution in [0.1, 0.15) is 49.4 Å². The van der Waals surface area contributed by atoms with Gasteiger partial charge in [0, 0.05) is 13.0 Å². The molecule has 0 aliphatic heterocycles. The van der Waals surface area contributed by atoms with E-state index in [1.165, 1.54) is 37.8 Å². The molecule has 1 aromatic rings. The molecule has 0 amide bonds. The first-order chi connectivity index (χ1) is 6.81. The highest BCUT2D eigenvalue weighted by atomic mass is 16.3. The monoisotopic (exact) mass is 194 g/mol. The van der Waals surface area contributed by atoms with E-state index in [0.29, 0.717) is 5.92 Å². The molecule has 0 aromatic carbocycles. The molecule has 78 valence electrons. The highest BCUT2D eigenvalue weighted by molar-refractivity contribution is 5.14. The molecule has 0 unspecified atom stereocenters. The summed E-state index contributed by atoms with van der Waals surface area (Å²) in [6.07, 6.45) is 6.56. The maximum Gasteiger partial charge on any atom is 0.0849 e. The first kappa shape index (κ1) is 9.71. The smallest absolute Gasteiger partial charge is 0.0849 e. The molecule has 0 atom stereocenters. The number of aliphatic hydroxyl groups is 1. The topological polar surface area (TPSA) is 38.0 Å². The molecule has 0 saturated heterocycles. The average molecular weight is 194 g/mol. The van der Waals surface area contributed by atoms with Gasteiger partial charge < -0.3 is 5.11 Å². The molecule has 1 aliphatic rings. The van der Waals surface area contributed by atoms with Crippen LogP contribution in [0.15, 0.2) is 6.07 Å². The van der Waals surface area contributed by atoms with Crippen LogP contribution in [0.4, 0.5) is 0 Å². The van der Waals surface area contributed by atoms with Crippen molar-refractivity contribution in [3.8, 4) is 0 Å². The lowest BCUT2D eigenvalue weighted by molar-refractivity contribution is 0.270. The van der Waals surface area contributed by atoms with E-state index < -0.39 is 0 Å². The fourth-order valence-corrected chi connectivity index (χ4v) is 2.28. The number of aromatic nitrogens is 2. The average Bonchev–Trinajstić information content (AvgIpc) is 2.61. The third kappa shape index (κ3) is 1.82. The summed E-state index contributed by atoms with van der Waals surface area (Å²) in [6, 6.07) is 2.05. The van der Waals surface area contributed by atoms with Crippen molar-refractivity contribution in [3.05, 3.63) is 17.5 Å². The summed E-state index contributed by atoms with van der Waals surface area (Å²) < 4.78 is 1.80. The Labute approximate surface area is 84.7 Å². The van der Waals surface area contributed by atoms with Gasteiger partial charge in [0.15, 0.2) is 0 Å². The normalized spacial score (nSPS) is 18.7. The van der Waals surface area contributed by atoms with E-state index >= 15 is 0 Å². The molecule has 3 nitrogen and oxygen atoms in total. The molecule has 1 heterocycles. The number of hydrogen-bond acceptors (Lipinski definition) is 2. The van der Waals surface area contributed by atoms with Gasteiger partial charge in [0.25, 0.3) is 0 Å². The van der Waals surface area contributed by atoms with E-state index in [1.54, 1.807) is 4.68 Å². The van der Waals surface area contributed by atoms with Crippen molar-refractivity contribution in [3.63, 3.8) is 0 Å². The quantitative estimate of drug-likeness (QED) is 0.781. The molecule has 2 rings (SSSR count). The van der Waals surface area contributed by atoms with Crippen molar-refractivity contribution >= 4 is 0 Å². The Kier molecular flexibility index (Phi) is 2.87. The molecule has 1 N–H and O–H groups in total. The second-order valence-electron chi connectivity index (χ2n) is 4.18. The lowest BCUT2D eigenvalue weighted by Crippen LogP contribution is -2.05. The molecule has 14 heavy (non-hydrogen) atoms. The second kappa shape index (κ2) is 4.13. The molecule has 1 aliphatic carbocycles. The van der Waals surface area contributed by atoms with E-state index in [9.17, 15) is 0 Å². The van der Waals surface area contributed by atoms with Crippen molar-refractivity contribution in [2.75, 3.05) is 0 Å². The molecule has 1 fully saturated rings. The highest BCUT2D eigenvalue weighted by Gasteiger charge is 2.18. The first-order valence-corrected chi connectivity index (χ1v) is 5.45. The minimum Gasteiger partial charge on any atom is -0.390 e. The Morgan fingerprint density at radius 3 is 2.71 bits per heavy atom. The van der Waals surface area contributed by atoms with E-state index in [2.05, 4.69) is 11.2 Å². The molecule has 0 spiro atoms. The summed E-state index contributed by atoms with van der Waals surface area (Å²) in [5.41, 5.74) is 2.10. The van der Waals surface area contributed by atoms with Crippen LogP contribution in [-0.2, 0) is 13.7 Å². The van der Waals surface area contributed by atoms with Crippen LogP contribution < -0.4 is 0 Å². The first-order valence-electron chi connectivity index (χ1n) is 5.45. The van der Waals surface area contributed by atoms with Crippen molar-refractivity contribution in [2.24, 2.45) is 7.05 Å². The van der Waals surface area contributed by atoms with Crippen LogP contribution in [-0.4, -0.2) is 14.9 Å². The SMILES string of the molecule is Cn1nc(C2CCCCC2)cc1CO. The predicted molar refractivity (Wildman–Crippen MR) is 55.0 cm³/mol. The van der Waals surface area contributed by atoms with Crippen LogP contribution in [0.2, 0.25) is 0 Å². The summed E-state index contributed by atoms with van der Waals surface area (Å²) in [5.74, 6) is 0.634. The predicted octanol–water partition coefficient (Wildman–Crippen LogP) is 1.96. The van der Waals surface area contributed by atoms with Gasteiger partial charge in [-0.3, -0.25) is 4.68 Å². The minimum atomic E-state index is 0.0935. The highest BCUT2D eigenvalue weighted by Crippen LogP contribution is 2.31. The summed E-state index contributed by atoms with van der Waals surface area (Å²) in [7, 11) is 1.90. The van der Waals surface area contributed by atoms with Gasteiger partial charge in [0.1, 0.15) is 0 Å². The van der Waals surface area contributed by atoms with Crippen LogP contribution in [0.3, 0.4) is 0 Å². The van der Waals surface area contributed by atoms with Crippen molar-refractivity contribution in [1.29, 1.82) is 0 Å². The Bertz CT molecular complexity index is 300. The number of aryl methyl sites for hydroxylation is 1. The number of nitrogens with zero attached hydrogens (tertiary/aromatic N) is 2. The molecule has 1 saturated carbocycles. The van der Waals surface area contributed by atoms with Crippen LogP contribution in [0, 0.1) is 0 Å². The van der Waals surface area contributed by atoms with E-state index in [1.807, 2.05) is 7.05 Å². The Balaban J connectivity index is 2.14. The van der Waals surface area contributed by atoms with Crippen LogP contribution >= 0.6 is 0 Å². The van der Waals surface area contributed by atoms with Gasteiger partial charge in [-0.2, -0.15) is 5.10 Å². The summed E-state index contributed by atoms with van der Waals surface area (Å²) in [6.45, 7) is 0.0935. The van der Waals surface area contributed by atoms with Gasteiger partial charge in [0.2, 0.25) is 0 Å². The second-order valence-corrected chi connectivity index (χ2v) is 4.18. The zero-order valence-corrected chi connectivity index (χ0v) is 8.74. The van der Waals surface area contributed by atoms with Crippen LogP contribution in [0.5, 0.6) is 0 Å². The third-order valence-electron chi connectivity index (χ3n) is 3.18. The van der Waals surface area contributed by atoms with Gasteiger partial charge in [-0.1, -0.05) is 19.3 Å². The maximum absolute atomic E-state index is 9.07. The van der Waals surface area contributed by atoms with E-state index in [4.69, 9.17) is 5.11 Å². The fourth-order valence-electron chi connectivity index (χ4n) is 2.28. The lowest BCUT2D eigenvalue weighted by atomic mass is 9.87. The van der Waals surface area contributed by atoms with Gasteiger partial charge >= 0.3 is 0 Å². The zero-order chi connectivity index (χ0) is 9.97.